The maximum absolute atomic E-state index is 11.8. The number of hydrogen-bond acceptors (Lipinski definition) is 4. The van der Waals surface area contributed by atoms with E-state index in [2.05, 4.69) is 0 Å². The molecule has 0 aliphatic heterocycles. The topological polar surface area (TPSA) is 75.6 Å². The summed E-state index contributed by atoms with van der Waals surface area (Å²) in [6, 6.07) is 1.57. The number of aliphatic hydroxyl groups excluding tert-OH is 1. The van der Waals surface area contributed by atoms with E-state index >= 15 is 0 Å². The second-order valence-corrected chi connectivity index (χ2v) is 3.41. The molecule has 80 valence electrons. The molecule has 2 rings (SSSR count). The predicted octanol–water partition coefficient (Wildman–Crippen LogP) is 0.214. The van der Waals surface area contributed by atoms with E-state index in [0.29, 0.717) is 11.0 Å². The summed E-state index contributed by atoms with van der Waals surface area (Å²) in [6.45, 7) is 1.66. The van der Waals surface area contributed by atoms with Gasteiger partial charge in [-0.25, -0.2) is 0 Å². The molecule has 0 amide bonds. The zero-order chi connectivity index (χ0) is 11.0. The van der Waals surface area contributed by atoms with Crippen molar-refractivity contribution in [2.45, 2.75) is 19.8 Å². The lowest BCUT2D eigenvalue weighted by atomic mass is 10.2. The molecular weight excluding hydrogens is 198 g/mol. The van der Waals surface area contributed by atoms with Crippen molar-refractivity contribution in [3.8, 4) is 0 Å². The van der Waals surface area contributed by atoms with Crippen LogP contribution in [0.25, 0.3) is 11.0 Å². The Hall–Kier alpha value is -1.59. The molecule has 5 heteroatoms. The lowest BCUT2D eigenvalue weighted by molar-refractivity contribution is -0.0518. The zero-order valence-corrected chi connectivity index (χ0v) is 8.17. The zero-order valence-electron chi connectivity index (χ0n) is 8.17. The molecule has 15 heavy (non-hydrogen) atoms. The molecule has 0 unspecified atom stereocenters. The highest BCUT2D eigenvalue weighted by Gasteiger charge is 2.10. The van der Waals surface area contributed by atoms with Crippen LogP contribution in [0.3, 0.4) is 0 Å². The highest BCUT2D eigenvalue weighted by atomic mass is 16.5. The van der Waals surface area contributed by atoms with Gasteiger partial charge >= 0.3 is 0 Å². The predicted molar refractivity (Wildman–Crippen MR) is 53.4 cm³/mol. The molecule has 0 bridgehead atoms. The summed E-state index contributed by atoms with van der Waals surface area (Å²) in [5.41, 5.74) is 1.05. The number of aliphatic hydroxyl groups is 2. The molecule has 5 nitrogen and oxygen atoms in total. The Bertz CT molecular complexity index is 538. The van der Waals surface area contributed by atoms with Crippen molar-refractivity contribution < 1.29 is 14.6 Å². The molecule has 0 aliphatic rings. The number of pyridine rings is 1. The van der Waals surface area contributed by atoms with Crippen LogP contribution in [0.4, 0.5) is 0 Å². The molecule has 0 spiro atoms. The maximum atomic E-state index is 11.8. The molecule has 2 heterocycles. The van der Waals surface area contributed by atoms with E-state index in [4.69, 9.17) is 14.6 Å². The van der Waals surface area contributed by atoms with Crippen LogP contribution in [0.1, 0.15) is 5.56 Å². The third-order valence-electron chi connectivity index (χ3n) is 2.22. The van der Waals surface area contributed by atoms with Gasteiger partial charge in [0.15, 0.2) is 6.29 Å². The van der Waals surface area contributed by atoms with Gasteiger partial charge in [-0.05, 0) is 13.0 Å². The average molecular weight is 209 g/mol. The molecule has 0 aromatic carbocycles. The Kier molecular flexibility index (Phi) is 2.34. The smallest absolute Gasteiger partial charge is 0.261 e. The van der Waals surface area contributed by atoms with Crippen LogP contribution in [0, 0.1) is 6.92 Å². The van der Waals surface area contributed by atoms with Crippen LogP contribution >= 0.6 is 0 Å². The van der Waals surface area contributed by atoms with E-state index < -0.39 is 6.29 Å². The fraction of sp³-hybridized carbons (Fsp3) is 0.300. The first-order chi connectivity index (χ1) is 7.09. The van der Waals surface area contributed by atoms with Crippen LogP contribution in [0.2, 0.25) is 0 Å². The standard InChI is InChI=1S/C10H11NO4/c1-6-4-11(5-8(12)13)10(14)7-2-3-15-9(6)7/h2-4,8,12-13H,5H2,1H3. The first kappa shape index (κ1) is 9.95. The minimum Gasteiger partial charge on any atom is -0.464 e. The van der Waals surface area contributed by atoms with Crippen molar-refractivity contribution in [2.75, 3.05) is 0 Å². The molecule has 2 aromatic heterocycles. The number of nitrogens with zero attached hydrogens (tertiary/aromatic N) is 1. The Morgan fingerprint density at radius 3 is 2.93 bits per heavy atom. The number of aryl methyl sites for hydroxylation is 1. The highest BCUT2D eigenvalue weighted by molar-refractivity contribution is 5.78. The maximum Gasteiger partial charge on any atom is 0.261 e. The van der Waals surface area contributed by atoms with Gasteiger partial charge in [-0.3, -0.25) is 4.79 Å². The van der Waals surface area contributed by atoms with Gasteiger partial charge in [0, 0.05) is 11.8 Å². The molecule has 0 fully saturated rings. The molecule has 0 atom stereocenters. The average Bonchev–Trinajstić information content (AvgIpc) is 2.61. The quantitative estimate of drug-likeness (QED) is 0.693. The Balaban J connectivity index is 2.66. The molecule has 0 saturated heterocycles. The molecule has 0 saturated carbocycles. The lowest BCUT2D eigenvalue weighted by Crippen LogP contribution is -2.26. The first-order valence-corrected chi connectivity index (χ1v) is 4.53. The van der Waals surface area contributed by atoms with E-state index in [-0.39, 0.29) is 12.1 Å². The Morgan fingerprint density at radius 1 is 1.53 bits per heavy atom. The number of furan rings is 1. The summed E-state index contributed by atoms with van der Waals surface area (Å²) in [7, 11) is 0. The van der Waals surface area contributed by atoms with Gasteiger partial charge in [-0.1, -0.05) is 0 Å². The van der Waals surface area contributed by atoms with E-state index in [1.807, 2.05) is 0 Å². The van der Waals surface area contributed by atoms with E-state index in [0.717, 1.165) is 5.56 Å². The minimum atomic E-state index is -1.54. The normalized spacial score (nSPS) is 11.5. The molecule has 2 N–H and O–H groups in total. The second kappa shape index (κ2) is 3.52. The van der Waals surface area contributed by atoms with Crippen molar-refractivity contribution in [1.29, 1.82) is 0 Å². The van der Waals surface area contributed by atoms with Crippen molar-refractivity contribution in [1.82, 2.24) is 4.57 Å². The summed E-state index contributed by atoms with van der Waals surface area (Å²) in [4.78, 5) is 11.8. The lowest BCUT2D eigenvalue weighted by Gasteiger charge is -2.08. The molecular formula is C10H11NO4. The third-order valence-corrected chi connectivity index (χ3v) is 2.22. The molecule has 2 aromatic rings. The molecule has 0 radical (unpaired) electrons. The summed E-state index contributed by atoms with van der Waals surface area (Å²) >= 11 is 0. The number of fused-ring (bicyclic) bond motifs is 1. The number of rotatable bonds is 2. The van der Waals surface area contributed by atoms with Crippen LogP contribution in [0.5, 0.6) is 0 Å². The number of hydrogen-bond donors (Lipinski definition) is 2. The minimum absolute atomic E-state index is 0.138. The van der Waals surface area contributed by atoms with Crippen molar-refractivity contribution in [2.24, 2.45) is 0 Å². The van der Waals surface area contributed by atoms with Gasteiger partial charge in [0.25, 0.3) is 5.56 Å². The summed E-state index contributed by atoms with van der Waals surface area (Å²) in [5, 5.41) is 18.1. The van der Waals surface area contributed by atoms with Crippen molar-refractivity contribution >= 4 is 11.0 Å². The third kappa shape index (κ3) is 1.67. The van der Waals surface area contributed by atoms with Crippen molar-refractivity contribution in [3.05, 3.63) is 34.4 Å². The van der Waals surface area contributed by atoms with Crippen LogP contribution in [-0.2, 0) is 6.54 Å². The van der Waals surface area contributed by atoms with Gasteiger partial charge in [0.05, 0.1) is 18.2 Å². The van der Waals surface area contributed by atoms with E-state index in [1.165, 1.54) is 10.8 Å². The van der Waals surface area contributed by atoms with Crippen LogP contribution in [0.15, 0.2) is 27.7 Å². The first-order valence-electron chi connectivity index (χ1n) is 4.53. The van der Waals surface area contributed by atoms with E-state index in [1.54, 1.807) is 19.2 Å². The van der Waals surface area contributed by atoms with E-state index in [9.17, 15) is 4.79 Å². The monoisotopic (exact) mass is 209 g/mol. The van der Waals surface area contributed by atoms with Gasteiger partial charge in [-0.2, -0.15) is 0 Å². The second-order valence-electron chi connectivity index (χ2n) is 3.41. The highest BCUT2D eigenvalue weighted by Crippen LogP contribution is 2.15. The van der Waals surface area contributed by atoms with Gasteiger partial charge in [0.1, 0.15) is 5.58 Å². The largest absolute Gasteiger partial charge is 0.464 e. The number of aromatic nitrogens is 1. The SMILES string of the molecule is Cc1cn(CC(O)O)c(=O)c2ccoc12. The Labute approximate surface area is 85.2 Å². The fourth-order valence-electron chi connectivity index (χ4n) is 1.60. The summed E-state index contributed by atoms with van der Waals surface area (Å²) in [5.74, 6) is 0. The summed E-state index contributed by atoms with van der Waals surface area (Å²) in [6.07, 6.45) is 1.46. The fourth-order valence-corrected chi connectivity index (χ4v) is 1.60. The van der Waals surface area contributed by atoms with Crippen LogP contribution < -0.4 is 5.56 Å². The van der Waals surface area contributed by atoms with Crippen molar-refractivity contribution in [3.63, 3.8) is 0 Å². The molecule has 0 aliphatic carbocycles. The van der Waals surface area contributed by atoms with Gasteiger partial charge in [0.2, 0.25) is 0 Å². The van der Waals surface area contributed by atoms with Gasteiger partial charge in [-0.15, -0.1) is 0 Å². The van der Waals surface area contributed by atoms with Gasteiger partial charge < -0.3 is 19.2 Å². The summed E-state index contributed by atoms with van der Waals surface area (Å²) < 4.78 is 6.41. The Morgan fingerprint density at radius 2 is 2.27 bits per heavy atom. The van der Waals surface area contributed by atoms with Crippen LogP contribution in [-0.4, -0.2) is 21.1 Å².